The minimum absolute atomic E-state index is 0.231. The van der Waals surface area contributed by atoms with Crippen LogP contribution in [-0.2, 0) is 11.3 Å². The van der Waals surface area contributed by atoms with Crippen molar-refractivity contribution in [1.29, 1.82) is 0 Å². The van der Waals surface area contributed by atoms with Gasteiger partial charge in [0.2, 0.25) is 5.91 Å². The standard InChI is InChI=1S/C20H24N2O2S/c1-24-18-7-5-6-17(14-18)15-21-10-12-22(13-11-21)20(23)16-25-19-8-3-2-4-9-19/h2-9,14H,10-13,15-16H2,1H3. The van der Waals surface area contributed by atoms with Gasteiger partial charge in [-0.25, -0.2) is 0 Å². The van der Waals surface area contributed by atoms with Gasteiger partial charge in [0.25, 0.3) is 0 Å². The first-order valence-corrected chi connectivity index (χ1v) is 9.54. The fraction of sp³-hybridized carbons (Fsp3) is 0.350. The van der Waals surface area contributed by atoms with Gasteiger partial charge in [-0.1, -0.05) is 30.3 Å². The van der Waals surface area contributed by atoms with E-state index < -0.39 is 0 Å². The number of amides is 1. The van der Waals surface area contributed by atoms with Crippen LogP contribution < -0.4 is 4.74 Å². The third-order valence-electron chi connectivity index (χ3n) is 4.37. The molecule has 1 saturated heterocycles. The zero-order valence-corrected chi connectivity index (χ0v) is 15.4. The lowest BCUT2D eigenvalue weighted by Crippen LogP contribution is -2.48. The molecular formula is C20H24N2O2S. The number of piperazine rings is 1. The Labute approximate surface area is 153 Å². The van der Waals surface area contributed by atoms with E-state index >= 15 is 0 Å². The van der Waals surface area contributed by atoms with Crippen LogP contribution in [0.25, 0.3) is 0 Å². The third kappa shape index (κ3) is 5.25. The number of rotatable bonds is 6. The van der Waals surface area contributed by atoms with Crippen molar-refractivity contribution in [3.63, 3.8) is 0 Å². The van der Waals surface area contributed by atoms with Crippen molar-refractivity contribution in [2.24, 2.45) is 0 Å². The second-order valence-electron chi connectivity index (χ2n) is 6.11. The smallest absolute Gasteiger partial charge is 0.233 e. The maximum Gasteiger partial charge on any atom is 0.233 e. The molecule has 0 N–H and O–H groups in total. The van der Waals surface area contributed by atoms with E-state index in [1.54, 1.807) is 18.9 Å². The maximum atomic E-state index is 12.4. The number of hydrogen-bond acceptors (Lipinski definition) is 4. The summed E-state index contributed by atoms with van der Waals surface area (Å²) in [5.41, 5.74) is 1.25. The molecule has 0 spiro atoms. The summed E-state index contributed by atoms with van der Waals surface area (Å²) in [7, 11) is 1.69. The van der Waals surface area contributed by atoms with E-state index in [2.05, 4.69) is 17.0 Å². The Bertz CT molecular complexity index is 685. The molecule has 132 valence electrons. The molecule has 3 rings (SSSR count). The van der Waals surface area contributed by atoms with Gasteiger partial charge in [0.15, 0.2) is 0 Å². The van der Waals surface area contributed by atoms with Crippen LogP contribution in [0.2, 0.25) is 0 Å². The Hall–Kier alpha value is -1.98. The molecular weight excluding hydrogens is 332 g/mol. The molecule has 0 aromatic heterocycles. The highest BCUT2D eigenvalue weighted by molar-refractivity contribution is 8.00. The first-order valence-electron chi connectivity index (χ1n) is 8.55. The average Bonchev–Trinajstić information content (AvgIpc) is 2.67. The van der Waals surface area contributed by atoms with Crippen LogP contribution in [0.5, 0.6) is 5.75 Å². The Morgan fingerprint density at radius 3 is 2.52 bits per heavy atom. The number of carbonyl (C=O) groups is 1. The average molecular weight is 356 g/mol. The lowest BCUT2D eigenvalue weighted by Gasteiger charge is -2.34. The van der Waals surface area contributed by atoms with Crippen LogP contribution in [0, 0.1) is 0 Å². The van der Waals surface area contributed by atoms with Crippen molar-refractivity contribution in [3.8, 4) is 5.75 Å². The van der Waals surface area contributed by atoms with Gasteiger partial charge in [-0.2, -0.15) is 0 Å². The van der Waals surface area contributed by atoms with E-state index in [1.165, 1.54) is 5.56 Å². The molecule has 0 saturated carbocycles. The molecule has 1 amide bonds. The summed E-state index contributed by atoms with van der Waals surface area (Å²) in [5, 5.41) is 0. The summed E-state index contributed by atoms with van der Waals surface area (Å²) in [6.07, 6.45) is 0. The van der Waals surface area contributed by atoms with E-state index in [9.17, 15) is 4.79 Å². The molecule has 0 aliphatic carbocycles. The van der Waals surface area contributed by atoms with E-state index in [0.717, 1.165) is 43.4 Å². The highest BCUT2D eigenvalue weighted by atomic mass is 32.2. The molecule has 25 heavy (non-hydrogen) atoms. The maximum absolute atomic E-state index is 12.4. The Morgan fingerprint density at radius 2 is 1.80 bits per heavy atom. The lowest BCUT2D eigenvalue weighted by molar-refractivity contribution is -0.130. The fourth-order valence-electron chi connectivity index (χ4n) is 2.94. The molecule has 0 unspecified atom stereocenters. The molecule has 0 atom stereocenters. The second-order valence-corrected chi connectivity index (χ2v) is 7.16. The van der Waals surface area contributed by atoms with E-state index in [4.69, 9.17) is 4.74 Å². The van der Waals surface area contributed by atoms with Crippen molar-refractivity contribution in [3.05, 3.63) is 60.2 Å². The summed E-state index contributed by atoms with van der Waals surface area (Å²) < 4.78 is 5.28. The minimum atomic E-state index is 0.231. The number of methoxy groups -OCH3 is 1. The first-order chi connectivity index (χ1) is 12.2. The SMILES string of the molecule is COc1cccc(CN2CCN(C(=O)CSc3ccccc3)CC2)c1. The number of nitrogens with zero attached hydrogens (tertiary/aromatic N) is 2. The highest BCUT2D eigenvalue weighted by Crippen LogP contribution is 2.19. The number of carbonyl (C=O) groups excluding carboxylic acids is 1. The number of benzene rings is 2. The highest BCUT2D eigenvalue weighted by Gasteiger charge is 2.21. The normalized spacial score (nSPS) is 15.2. The molecule has 5 heteroatoms. The fourth-order valence-corrected chi connectivity index (χ4v) is 3.76. The molecule has 0 bridgehead atoms. The largest absolute Gasteiger partial charge is 0.497 e. The van der Waals surface area contributed by atoms with Gasteiger partial charge in [-0.15, -0.1) is 11.8 Å². The number of hydrogen-bond donors (Lipinski definition) is 0. The van der Waals surface area contributed by atoms with Gasteiger partial charge in [0, 0.05) is 37.6 Å². The molecule has 0 radical (unpaired) electrons. The second kappa shape index (κ2) is 8.92. The quantitative estimate of drug-likeness (QED) is 0.745. The first kappa shape index (κ1) is 17.8. The van der Waals surface area contributed by atoms with Crippen molar-refractivity contribution in [2.75, 3.05) is 39.0 Å². The summed E-state index contributed by atoms with van der Waals surface area (Å²) in [6.45, 7) is 4.34. The number of ether oxygens (including phenoxy) is 1. The van der Waals surface area contributed by atoms with Crippen molar-refractivity contribution >= 4 is 17.7 Å². The van der Waals surface area contributed by atoms with Gasteiger partial charge in [0.1, 0.15) is 5.75 Å². The molecule has 1 aliphatic rings. The van der Waals surface area contributed by atoms with E-state index in [1.807, 2.05) is 47.4 Å². The Morgan fingerprint density at radius 1 is 1.04 bits per heavy atom. The van der Waals surface area contributed by atoms with E-state index in [-0.39, 0.29) is 5.91 Å². The van der Waals surface area contributed by atoms with Crippen LogP contribution in [0.1, 0.15) is 5.56 Å². The van der Waals surface area contributed by atoms with Crippen molar-refractivity contribution in [1.82, 2.24) is 9.80 Å². The number of thioether (sulfide) groups is 1. The minimum Gasteiger partial charge on any atom is -0.497 e. The predicted molar refractivity (Wildman–Crippen MR) is 102 cm³/mol. The Balaban J connectivity index is 1.44. The molecule has 4 nitrogen and oxygen atoms in total. The monoisotopic (exact) mass is 356 g/mol. The van der Waals surface area contributed by atoms with Gasteiger partial charge in [-0.3, -0.25) is 9.69 Å². The Kier molecular flexibility index (Phi) is 6.36. The molecule has 2 aromatic rings. The molecule has 1 aliphatic heterocycles. The predicted octanol–water partition coefficient (Wildman–Crippen LogP) is 3.13. The van der Waals surface area contributed by atoms with Crippen LogP contribution in [0.4, 0.5) is 0 Å². The van der Waals surface area contributed by atoms with Crippen LogP contribution >= 0.6 is 11.8 Å². The van der Waals surface area contributed by atoms with Gasteiger partial charge in [0.05, 0.1) is 12.9 Å². The zero-order valence-electron chi connectivity index (χ0n) is 14.6. The van der Waals surface area contributed by atoms with Crippen LogP contribution in [-0.4, -0.2) is 54.7 Å². The van der Waals surface area contributed by atoms with Gasteiger partial charge >= 0.3 is 0 Å². The summed E-state index contributed by atoms with van der Waals surface area (Å²) in [5.74, 6) is 1.64. The van der Waals surface area contributed by atoms with Crippen LogP contribution in [0.15, 0.2) is 59.5 Å². The lowest BCUT2D eigenvalue weighted by atomic mass is 10.2. The van der Waals surface area contributed by atoms with Crippen molar-refractivity contribution in [2.45, 2.75) is 11.4 Å². The zero-order chi connectivity index (χ0) is 17.5. The van der Waals surface area contributed by atoms with Crippen LogP contribution in [0.3, 0.4) is 0 Å². The van der Waals surface area contributed by atoms with Crippen molar-refractivity contribution < 1.29 is 9.53 Å². The molecule has 1 heterocycles. The molecule has 2 aromatic carbocycles. The van der Waals surface area contributed by atoms with Gasteiger partial charge < -0.3 is 9.64 Å². The molecule has 1 fully saturated rings. The van der Waals surface area contributed by atoms with E-state index in [0.29, 0.717) is 5.75 Å². The van der Waals surface area contributed by atoms with Gasteiger partial charge in [-0.05, 0) is 29.8 Å². The topological polar surface area (TPSA) is 32.8 Å². The summed E-state index contributed by atoms with van der Waals surface area (Å²) >= 11 is 1.61. The summed E-state index contributed by atoms with van der Waals surface area (Å²) in [4.78, 5) is 17.9. The summed E-state index contributed by atoms with van der Waals surface area (Å²) in [6, 6.07) is 18.3. The third-order valence-corrected chi connectivity index (χ3v) is 5.37.